The van der Waals surface area contributed by atoms with Gasteiger partial charge in [-0.2, -0.15) is 5.10 Å². The Morgan fingerprint density at radius 1 is 1.21 bits per heavy atom. The number of hydrogen-bond acceptors (Lipinski definition) is 4. The lowest BCUT2D eigenvalue weighted by Crippen LogP contribution is -2.11. The average Bonchev–Trinajstić information content (AvgIpc) is 3.15. The molecule has 1 aromatic heterocycles. The Morgan fingerprint density at radius 3 is 2.71 bits per heavy atom. The van der Waals surface area contributed by atoms with E-state index in [0.717, 1.165) is 16.9 Å². The minimum Gasteiger partial charge on any atom is -0.489 e. The highest BCUT2D eigenvalue weighted by Crippen LogP contribution is 2.22. The summed E-state index contributed by atoms with van der Waals surface area (Å²) >= 11 is 6.02. The van der Waals surface area contributed by atoms with Gasteiger partial charge >= 0.3 is 0 Å². The number of ether oxygens (including phenoxy) is 2. The van der Waals surface area contributed by atoms with Crippen LogP contribution in [0.1, 0.15) is 28.4 Å². The van der Waals surface area contributed by atoms with E-state index in [9.17, 15) is 4.79 Å². The molecule has 0 fully saturated rings. The van der Waals surface area contributed by atoms with E-state index in [2.05, 4.69) is 10.4 Å². The van der Waals surface area contributed by atoms with Gasteiger partial charge in [-0.3, -0.25) is 4.79 Å². The number of aromatic nitrogens is 2. The molecule has 0 radical (unpaired) electrons. The number of benzene rings is 2. The molecule has 0 unspecified atom stereocenters. The summed E-state index contributed by atoms with van der Waals surface area (Å²) in [6.45, 7) is 5.22. The molecule has 3 aromatic rings. The third-order valence-corrected chi connectivity index (χ3v) is 4.49. The van der Waals surface area contributed by atoms with Crippen molar-refractivity contribution in [2.75, 3.05) is 11.9 Å². The Balaban J connectivity index is 1.55. The molecule has 0 saturated heterocycles. The summed E-state index contributed by atoms with van der Waals surface area (Å²) in [6, 6.07) is 12.8. The molecule has 3 rings (SSSR count). The second kappa shape index (κ2) is 9.39. The highest BCUT2D eigenvalue weighted by Gasteiger charge is 2.08. The number of aryl methyl sites for hydroxylation is 1. The van der Waals surface area contributed by atoms with E-state index < -0.39 is 0 Å². The Hall–Kier alpha value is -2.83. The standard InChI is InChI=1S/C21H22ClN3O3/c1-3-27-14-25-12-18(11-23-25)24-21(26)17-6-4-16(5-7-17)13-28-19-8-9-20(22)15(2)10-19/h4-12H,3,13-14H2,1-2H3,(H,24,26). The van der Waals surface area contributed by atoms with Crippen molar-refractivity contribution in [2.24, 2.45) is 0 Å². The van der Waals surface area contributed by atoms with Crippen molar-refractivity contribution in [1.29, 1.82) is 0 Å². The van der Waals surface area contributed by atoms with Crippen molar-refractivity contribution in [3.8, 4) is 5.75 Å². The molecule has 1 N–H and O–H groups in total. The molecule has 146 valence electrons. The molecule has 0 spiro atoms. The lowest BCUT2D eigenvalue weighted by Gasteiger charge is -2.09. The molecule has 28 heavy (non-hydrogen) atoms. The molecule has 0 saturated carbocycles. The predicted molar refractivity (Wildman–Crippen MR) is 109 cm³/mol. The Labute approximate surface area is 169 Å². The SMILES string of the molecule is CCOCn1cc(NC(=O)c2ccc(COc3ccc(Cl)c(C)c3)cc2)cn1. The Kier molecular flexibility index (Phi) is 6.68. The first kappa shape index (κ1) is 19.9. The van der Waals surface area contributed by atoms with Crippen LogP contribution in [-0.2, 0) is 18.1 Å². The van der Waals surface area contributed by atoms with Crippen LogP contribution >= 0.6 is 11.6 Å². The van der Waals surface area contributed by atoms with E-state index in [-0.39, 0.29) is 5.91 Å². The first-order chi connectivity index (χ1) is 13.5. The molecule has 0 bridgehead atoms. The fourth-order valence-corrected chi connectivity index (χ4v) is 2.63. The number of nitrogens with one attached hydrogen (secondary N) is 1. The lowest BCUT2D eigenvalue weighted by molar-refractivity contribution is 0.0792. The van der Waals surface area contributed by atoms with Gasteiger partial charge in [-0.05, 0) is 55.3 Å². The van der Waals surface area contributed by atoms with Crippen LogP contribution in [0.3, 0.4) is 0 Å². The molecule has 0 aliphatic carbocycles. The summed E-state index contributed by atoms with van der Waals surface area (Å²) < 4.78 is 12.7. The van der Waals surface area contributed by atoms with Crippen LogP contribution in [0.2, 0.25) is 5.02 Å². The number of halogens is 1. The highest BCUT2D eigenvalue weighted by atomic mass is 35.5. The zero-order valence-electron chi connectivity index (χ0n) is 15.8. The summed E-state index contributed by atoms with van der Waals surface area (Å²) in [5.74, 6) is 0.560. The van der Waals surface area contributed by atoms with Gasteiger partial charge in [0.2, 0.25) is 0 Å². The second-order valence-electron chi connectivity index (χ2n) is 6.24. The van der Waals surface area contributed by atoms with Crippen molar-refractivity contribution in [3.63, 3.8) is 0 Å². The number of carbonyl (C=O) groups excluding carboxylic acids is 1. The zero-order chi connectivity index (χ0) is 19.9. The van der Waals surface area contributed by atoms with Crippen LogP contribution in [0.4, 0.5) is 5.69 Å². The van der Waals surface area contributed by atoms with Gasteiger partial charge in [0.15, 0.2) is 0 Å². The summed E-state index contributed by atoms with van der Waals surface area (Å²) in [4.78, 5) is 12.4. The molecule has 0 aliphatic heterocycles. The second-order valence-corrected chi connectivity index (χ2v) is 6.65. The van der Waals surface area contributed by atoms with E-state index >= 15 is 0 Å². The molecule has 2 aromatic carbocycles. The Bertz CT molecular complexity index is 938. The van der Waals surface area contributed by atoms with Gasteiger partial charge in [-0.25, -0.2) is 4.68 Å². The van der Waals surface area contributed by atoms with Gasteiger partial charge in [-0.15, -0.1) is 0 Å². The largest absolute Gasteiger partial charge is 0.489 e. The maximum atomic E-state index is 12.4. The smallest absolute Gasteiger partial charge is 0.255 e. The third kappa shape index (κ3) is 5.34. The Morgan fingerprint density at radius 2 is 2.00 bits per heavy atom. The molecule has 7 heteroatoms. The first-order valence-electron chi connectivity index (χ1n) is 8.94. The number of nitrogens with zero attached hydrogens (tertiary/aromatic N) is 2. The fourth-order valence-electron chi connectivity index (χ4n) is 2.51. The minimum atomic E-state index is -0.197. The third-order valence-electron chi connectivity index (χ3n) is 4.07. The van der Waals surface area contributed by atoms with Crippen molar-refractivity contribution in [3.05, 3.63) is 76.6 Å². The number of amides is 1. The summed E-state index contributed by atoms with van der Waals surface area (Å²) in [5, 5.41) is 7.67. The normalized spacial score (nSPS) is 10.7. The number of rotatable bonds is 8. The van der Waals surface area contributed by atoms with Gasteiger partial charge in [0.05, 0.1) is 18.1 Å². The van der Waals surface area contributed by atoms with Crippen LogP contribution in [0.5, 0.6) is 5.75 Å². The molecule has 6 nitrogen and oxygen atoms in total. The van der Waals surface area contributed by atoms with Crippen LogP contribution in [-0.4, -0.2) is 22.3 Å². The molecular weight excluding hydrogens is 378 g/mol. The summed E-state index contributed by atoms with van der Waals surface area (Å²) in [6.07, 6.45) is 3.32. The van der Waals surface area contributed by atoms with Crippen molar-refractivity contribution < 1.29 is 14.3 Å². The maximum Gasteiger partial charge on any atom is 0.255 e. The topological polar surface area (TPSA) is 65.4 Å². The monoisotopic (exact) mass is 399 g/mol. The maximum absolute atomic E-state index is 12.4. The molecule has 0 aliphatic rings. The van der Waals surface area contributed by atoms with E-state index in [4.69, 9.17) is 21.1 Å². The number of carbonyl (C=O) groups is 1. The molecule has 0 atom stereocenters. The van der Waals surface area contributed by atoms with Crippen molar-refractivity contribution >= 4 is 23.2 Å². The average molecular weight is 400 g/mol. The molecule has 1 amide bonds. The van der Waals surface area contributed by atoms with E-state index in [0.29, 0.717) is 36.2 Å². The van der Waals surface area contributed by atoms with Crippen molar-refractivity contribution in [2.45, 2.75) is 27.2 Å². The number of anilines is 1. The summed E-state index contributed by atoms with van der Waals surface area (Å²) in [7, 11) is 0. The van der Waals surface area contributed by atoms with Gasteiger partial charge in [-0.1, -0.05) is 23.7 Å². The van der Waals surface area contributed by atoms with E-state index in [1.165, 1.54) is 0 Å². The van der Waals surface area contributed by atoms with Gasteiger partial charge in [0.25, 0.3) is 5.91 Å². The van der Waals surface area contributed by atoms with Gasteiger partial charge < -0.3 is 14.8 Å². The molecular formula is C21H22ClN3O3. The van der Waals surface area contributed by atoms with Crippen LogP contribution < -0.4 is 10.1 Å². The van der Waals surface area contributed by atoms with Gasteiger partial charge in [0.1, 0.15) is 19.1 Å². The predicted octanol–water partition coefficient (Wildman–Crippen LogP) is 4.67. The van der Waals surface area contributed by atoms with Gasteiger partial charge in [0, 0.05) is 17.2 Å². The van der Waals surface area contributed by atoms with E-state index in [1.54, 1.807) is 29.2 Å². The van der Waals surface area contributed by atoms with Crippen LogP contribution in [0.15, 0.2) is 54.9 Å². The van der Waals surface area contributed by atoms with Crippen LogP contribution in [0, 0.1) is 6.92 Å². The zero-order valence-corrected chi connectivity index (χ0v) is 16.6. The summed E-state index contributed by atoms with van der Waals surface area (Å²) in [5.41, 5.74) is 3.11. The minimum absolute atomic E-state index is 0.197. The lowest BCUT2D eigenvalue weighted by atomic mass is 10.1. The quantitative estimate of drug-likeness (QED) is 0.597. The van der Waals surface area contributed by atoms with E-state index in [1.807, 2.05) is 44.2 Å². The number of hydrogen-bond donors (Lipinski definition) is 1. The fraction of sp³-hybridized carbons (Fsp3) is 0.238. The van der Waals surface area contributed by atoms with Crippen LogP contribution in [0.25, 0.3) is 0 Å². The highest BCUT2D eigenvalue weighted by molar-refractivity contribution is 6.31. The van der Waals surface area contributed by atoms with Crippen molar-refractivity contribution in [1.82, 2.24) is 9.78 Å². The first-order valence-corrected chi connectivity index (χ1v) is 9.32. The molecule has 1 heterocycles.